The Labute approximate surface area is 116 Å². The van der Waals surface area contributed by atoms with E-state index in [2.05, 4.69) is 10.3 Å². The van der Waals surface area contributed by atoms with Gasteiger partial charge in [-0.3, -0.25) is 19.5 Å². The maximum absolute atomic E-state index is 12.4. The molecule has 1 aromatic heterocycles. The van der Waals surface area contributed by atoms with Crippen LogP contribution in [-0.4, -0.2) is 28.9 Å². The van der Waals surface area contributed by atoms with Crippen molar-refractivity contribution in [1.82, 2.24) is 10.3 Å². The van der Waals surface area contributed by atoms with E-state index in [0.29, 0.717) is 0 Å². The van der Waals surface area contributed by atoms with E-state index in [-0.39, 0.29) is 11.8 Å². The lowest BCUT2D eigenvalue weighted by atomic mass is 10.0. The maximum Gasteiger partial charge on any atom is 0.250 e. The summed E-state index contributed by atoms with van der Waals surface area (Å²) < 4.78 is 0. The first-order valence-electron chi connectivity index (χ1n) is 6.56. The third kappa shape index (κ3) is 1.82. The van der Waals surface area contributed by atoms with Crippen molar-refractivity contribution in [3.8, 4) is 0 Å². The average molecular weight is 269 g/mol. The van der Waals surface area contributed by atoms with E-state index in [1.807, 2.05) is 24.3 Å². The number of fused-ring (bicyclic) bond motifs is 1. The quantitative estimate of drug-likeness (QED) is 0.853. The number of carbonyl (C=O) groups is 2. The Morgan fingerprint density at radius 1 is 1.20 bits per heavy atom. The molecule has 0 bridgehead atoms. The van der Waals surface area contributed by atoms with Crippen LogP contribution in [0.2, 0.25) is 0 Å². The molecule has 1 fully saturated rings. The number of carbonyl (C=O) groups excluding carboxylic acids is 2. The van der Waals surface area contributed by atoms with Gasteiger partial charge in [0.2, 0.25) is 11.8 Å². The number of nitrogens with zero attached hydrogens (tertiary/aromatic N) is 2. The van der Waals surface area contributed by atoms with Crippen LogP contribution in [0.1, 0.15) is 13.8 Å². The summed E-state index contributed by atoms with van der Waals surface area (Å²) in [5.41, 5.74) is 0.754. The summed E-state index contributed by atoms with van der Waals surface area (Å²) in [5, 5.41) is 4.55. The fraction of sp³-hybridized carbons (Fsp3) is 0.267. The monoisotopic (exact) mass is 269 g/mol. The lowest BCUT2D eigenvalue weighted by Crippen LogP contribution is -2.61. The standard InChI is InChI=1S/C15H15N3O2/c1-9-15(20)18(10(2)14(19)17-9)13-5-3-4-11-8-16-7-6-12(11)13/h3-10H,1-2H3,(H,17,19). The van der Waals surface area contributed by atoms with Gasteiger partial charge >= 0.3 is 0 Å². The first kappa shape index (κ1) is 12.6. The van der Waals surface area contributed by atoms with Crippen LogP contribution < -0.4 is 10.2 Å². The Balaban J connectivity index is 2.18. The first-order valence-corrected chi connectivity index (χ1v) is 6.56. The van der Waals surface area contributed by atoms with Gasteiger partial charge in [-0.25, -0.2) is 0 Å². The smallest absolute Gasteiger partial charge is 0.250 e. The molecule has 20 heavy (non-hydrogen) atoms. The van der Waals surface area contributed by atoms with Crippen molar-refractivity contribution < 1.29 is 9.59 Å². The highest BCUT2D eigenvalue weighted by Gasteiger charge is 2.37. The lowest BCUT2D eigenvalue weighted by molar-refractivity contribution is -0.133. The van der Waals surface area contributed by atoms with Crippen molar-refractivity contribution in [3.05, 3.63) is 36.7 Å². The highest BCUT2D eigenvalue weighted by molar-refractivity contribution is 6.12. The summed E-state index contributed by atoms with van der Waals surface area (Å²) in [6.07, 6.45) is 3.44. The molecule has 5 nitrogen and oxygen atoms in total. The molecule has 2 amide bonds. The van der Waals surface area contributed by atoms with E-state index in [4.69, 9.17) is 0 Å². The zero-order chi connectivity index (χ0) is 14.3. The van der Waals surface area contributed by atoms with Crippen molar-refractivity contribution in [3.63, 3.8) is 0 Å². The van der Waals surface area contributed by atoms with Crippen molar-refractivity contribution in [2.24, 2.45) is 0 Å². The van der Waals surface area contributed by atoms with E-state index in [0.717, 1.165) is 16.5 Å². The molecule has 0 spiro atoms. The maximum atomic E-state index is 12.4. The Morgan fingerprint density at radius 3 is 2.80 bits per heavy atom. The Bertz CT molecular complexity index is 693. The van der Waals surface area contributed by atoms with E-state index in [1.165, 1.54) is 0 Å². The number of aromatic nitrogens is 1. The van der Waals surface area contributed by atoms with Crippen LogP contribution in [0.4, 0.5) is 5.69 Å². The van der Waals surface area contributed by atoms with Crippen LogP contribution in [0.5, 0.6) is 0 Å². The van der Waals surface area contributed by atoms with Crippen molar-refractivity contribution in [2.45, 2.75) is 25.9 Å². The zero-order valence-corrected chi connectivity index (χ0v) is 11.3. The Kier molecular flexibility index (Phi) is 2.89. The van der Waals surface area contributed by atoms with Crippen molar-refractivity contribution in [1.29, 1.82) is 0 Å². The van der Waals surface area contributed by atoms with E-state index < -0.39 is 12.1 Å². The van der Waals surface area contributed by atoms with Gasteiger partial charge in [-0.05, 0) is 26.0 Å². The van der Waals surface area contributed by atoms with Gasteiger partial charge in [0.1, 0.15) is 12.1 Å². The van der Waals surface area contributed by atoms with Crippen molar-refractivity contribution >= 4 is 28.3 Å². The Hall–Kier alpha value is -2.43. The van der Waals surface area contributed by atoms with E-state index in [9.17, 15) is 9.59 Å². The number of hydrogen-bond donors (Lipinski definition) is 1. The normalized spacial score (nSPS) is 23.0. The molecule has 0 saturated carbocycles. The average Bonchev–Trinajstić information content (AvgIpc) is 2.46. The van der Waals surface area contributed by atoms with Gasteiger partial charge in [0.15, 0.2) is 0 Å². The molecule has 2 unspecified atom stereocenters. The number of anilines is 1. The van der Waals surface area contributed by atoms with Gasteiger partial charge in [-0.2, -0.15) is 0 Å². The number of benzene rings is 1. The number of nitrogens with one attached hydrogen (secondary N) is 1. The highest BCUT2D eigenvalue weighted by Crippen LogP contribution is 2.29. The zero-order valence-electron chi connectivity index (χ0n) is 11.3. The predicted molar refractivity (Wildman–Crippen MR) is 76.3 cm³/mol. The third-order valence-corrected chi connectivity index (χ3v) is 3.65. The molecule has 102 valence electrons. The van der Waals surface area contributed by atoms with Gasteiger partial charge in [0, 0.05) is 23.2 Å². The van der Waals surface area contributed by atoms with Gasteiger partial charge in [-0.15, -0.1) is 0 Å². The SMILES string of the molecule is CC1NC(=O)C(C)N(c2cccc3cnccc23)C1=O. The molecular formula is C15H15N3O2. The molecule has 0 radical (unpaired) electrons. The summed E-state index contributed by atoms with van der Waals surface area (Å²) in [6.45, 7) is 3.44. The topological polar surface area (TPSA) is 62.3 Å². The number of amides is 2. The largest absolute Gasteiger partial charge is 0.343 e. The molecule has 1 aromatic carbocycles. The molecule has 3 rings (SSSR count). The van der Waals surface area contributed by atoms with Crippen LogP contribution in [0.15, 0.2) is 36.7 Å². The van der Waals surface area contributed by atoms with Crippen LogP contribution >= 0.6 is 0 Å². The van der Waals surface area contributed by atoms with Gasteiger partial charge < -0.3 is 5.32 Å². The number of piperazine rings is 1. The predicted octanol–water partition coefficient (Wildman–Crippen LogP) is 1.47. The molecule has 1 N–H and O–H groups in total. The molecule has 2 aromatic rings. The highest BCUT2D eigenvalue weighted by atomic mass is 16.2. The molecule has 2 heterocycles. The summed E-state index contributed by atoms with van der Waals surface area (Å²) >= 11 is 0. The second-order valence-electron chi connectivity index (χ2n) is 4.99. The number of rotatable bonds is 1. The summed E-state index contributed by atoms with van der Waals surface area (Å²) in [4.78, 5) is 30.0. The Morgan fingerprint density at radius 2 is 2.00 bits per heavy atom. The summed E-state index contributed by atoms with van der Waals surface area (Å²) in [5.74, 6) is -0.232. The van der Waals surface area contributed by atoms with E-state index in [1.54, 1.807) is 31.1 Å². The molecule has 5 heteroatoms. The third-order valence-electron chi connectivity index (χ3n) is 3.65. The first-order chi connectivity index (χ1) is 9.59. The molecule has 1 saturated heterocycles. The minimum absolute atomic E-state index is 0.0959. The lowest BCUT2D eigenvalue weighted by Gasteiger charge is -2.36. The molecule has 1 aliphatic rings. The molecule has 2 atom stereocenters. The molecule has 1 aliphatic heterocycles. The fourth-order valence-electron chi connectivity index (χ4n) is 2.56. The summed E-state index contributed by atoms with van der Waals surface area (Å²) in [6, 6.07) is 6.52. The van der Waals surface area contributed by atoms with Gasteiger partial charge in [-0.1, -0.05) is 12.1 Å². The molecule has 0 aliphatic carbocycles. The van der Waals surface area contributed by atoms with Crippen LogP contribution in [0.25, 0.3) is 10.8 Å². The minimum atomic E-state index is -0.516. The van der Waals surface area contributed by atoms with Crippen molar-refractivity contribution in [2.75, 3.05) is 4.90 Å². The molecular weight excluding hydrogens is 254 g/mol. The number of pyridine rings is 1. The van der Waals surface area contributed by atoms with Gasteiger partial charge in [0.25, 0.3) is 0 Å². The van der Waals surface area contributed by atoms with E-state index >= 15 is 0 Å². The second-order valence-corrected chi connectivity index (χ2v) is 4.99. The minimum Gasteiger partial charge on any atom is -0.343 e. The van der Waals surface area contributed by atoms with Crippen LogP contribution in [0.3, 0.4) is 0 Å². The van der Waals surface area contributed by atoms with Gasteiger partial charge in [0.05, 0.1) is 5.69 Å². The second kappa shape index (κ2) is 4.59. The fourth-order valence-corrected chi connectivity index (χ4v) is 2.56. The van der Waals surface area contributed by atoms with Crippen LogP contribution in [-0.2, 0) is 9.59 Å². The summed E-state index contributed by atoms with van der Waals surface area (Å²) in [7, 11) is 0. The van der Waals surface area contributed by atoms with Crippen LogP contribution in [0, 0.1) is 0 Å². The number of hydrogen-bond acceptors (Lipinski definition) is 3.